The number of rotatable bonds is 6. The van der Waals surface area contributed by atoms with Gasteiger partial charge in [0.05, 0.1) is 6.26 Å². The molecule has 4 nitrogen and oxygen atoms in total. The third-order valence-electron chi connectivity index (χ3n) is 3.17. The van der Waals surface area contributed by atoms with Crippen LogP contribution >= 0.6 is 0 Å². The Balaban J connectivity index is 1.76. The van der Waals surface area contributed by atoms with Crippen LogP contribution in [0.5, 0.6) is 0 Å². The predicted molar refractivity (Wildman–Crippen MR) is 79.2 cm³/mol. The minimum atomic E-state index is 0.0345. The van der Waals surface area contributed by atoms with Crippen LogP contribution in [0.25, 0.3) is 0 Å². The van der Waals surface area contributed by atoms with Crippen LogP contribution in [0.3, 0.4) is 0 Å². The summed E-state index contributed by atoms with van der Waals surface area (Å²) < 4.78 is 5.26. The fraction of sp³-hybridized carbons (Fsp3) is 0.312. The lowest BCUT2D eigenvalue weighted by atomic mass is 10.1. The number of aryl methyl sites for hydroxylation is 1. The number of benzene rings is 1. The standard InChI is InChI=1S/C16H20N2O2/c1-12(11-14-6-4-10-20-14)18-16(19)9-8-13-5-2-3-7-15(13)17/h2-7,10,12H,8-9,11,17H2,1H3,(H,18,19). The molecule has 0 spiro atoms. The number of carbonyl (C=O) groups is 1. The number of hydrogen-bond acceptors (Lipinski definition) is 3. The fourth-order valence-electron chi connectivity index (χ4n) is 2.14. The van der Waals surface area contributed by atoms with Crippen LogP contribution in [-0.2, 0) is 17.6 Å². The van der Waals surface area contributed by atoms with Gasteiger partial charge in [0.2, 0.25) is 5.91 Å². The molecular weight excluding hydrogens is 252 g/mol. The van der Waals surface area contributed by atoms with Gasteiger partial charge in [0.25, 0.3) is 0 Å². The molecule has 1 amide bonds. The Morgan fingerprint density at radius 2 is 2.10 bits per heavy atom. The highest BCUT2D eigenvalue weighted by Gasteiger charge is 2.10. The van der Waals surface area contributed by atoms with Gasteiger partial charge in [-0.2, -0.15) is 0 Å². The number of anilines is 1. The Morgan fingerprint density at radius 3 is 2.80 bits per heavy atom. The predicted octanol–water partition coefficient (Wildman–Crippen LogP) is 2.54. The lowest BCUT2D eigenvalue weighted by molar-refractivity contribution is -0.121. The molecule has 3 N–H and O–H groups in total. The minimum Gasteiger partial charge on any atom is -0.469 e. The molecule has 1 heterocycles. The number of furan rings is 1. The van der Waals surface area contributed by atoms with Crippen molar-refractivity contribution in [3.63, 3.8) is 0 Å². The topological polar surface area (TPSA) is 68.3 Å². The summed E-state index contributed by atoms with van der Waals surface area (Å²) in [6.45, 7) is 1.97. The zero-order valence-electron chi connectivity index (χ0n) is 11.6. The molecule has 0 fully saturated rings. The number of para-hydroxylation sites is 1. The van der Waals surface area contributed by atoms with Crippen LogP contribution in [0.15, 0.2) is 47.1 Å². The highest BCUT2D eigenvalue weighted by atomic mass is 16.3. The Hall–Kier alpha value is -2.23. The zero-order chi connectivity index (χ0) is 14.4. The van der Waals surface area contributed by atoms with Crippen LogP contribution in [-0.4, -0.2) is 11.9 Å². The third kappa shape index (κ3) is 4.16. The van der Waals surface area contributed by atoms with Crippen molar-refractivity contribution in [3.8, 4) is 0 Å². The monoisotopic (exact) mass is 272 g/mol. The molecule has 0 radical (unpaired) electrons. The molecule has 1 atom stereocenters. The molecule has 0 aliphatic heterocycles. The van der Waals surface area contributed by atoms with E-state index in [1.807, 2.05) is 43.3 Å². The largest absolute Gasteiger partial charge is 0.469 e. The van der Waals surface area contributed by atoms with Crippen LogP contribution in [0.1, 0.15) is 24.7 Å². The van der Waals surface area contributed by atoms with Crippen LogP contribution < -0.4 is 11.1 Å². The van der Waals surface area contributed by atoms with Gasteiger partial charge in [-0.1, -0.05) is 18.2 Å². The molecule has 0 aliphatic carbocycles. The molecule has 2 rings (SSSR count). The fourth-order valence-corrected chi connectivity index (χ4v) is 2.14. The molecule has 0 saturated carbocycles. The number of amides is 1. The third-order valence-corrected chi connectivity index (χ3v) is 3.17. The van der Waals surface area contributed by atoms with E-state index in [-0.39, 0.29) is 11.9 Å². The average Bonchev–Trinajstić information content (AvgIpc) is 2.90. The van der Waals surface area contributed by atoms with Crippen molar-refractivity contribution < 1.29 is 9.21 Å². The Labute approximate surface area is 119 Å². The van der Waals surface area contributed by atoms with E-state index < -0.39 is 0 Å². The second-order valence-electron chi connectivity index (χ2n) is 4.95. The molecule has 106 valence electrons. The van der Waals surface area contributed by atoms with Gasteiger partial charge in [-0.15, -0.1) is 0 Å². The molecule has 2 aromatic rings. The van der Waals surface area contributed by atoms with E-state index in [0.717, 1.165) is 17.0 Å². The molecule has 4 heteroatoms. The van der Waals surface area contributed by atoms with E-state index in [4.69, 9.17) is 10.2 Å². The van der Waals surface area contributed by atoms with Crippen molar-refractivity contribution in [2.24, 2.45) is 0 Å². The lowest BCUT2D eigenvalue weighted by Gasteiger charge is -2.12. The minimum absolute atomic E-state index is 0.0345. The molecule has 20 heavy (non-hydrogen) atoms. The smallest absolute Gasteiger partial charge is 0.220 e. The summed E-state index contributed by atoms with van der Waals surface area (Å²) >= 11 is 0. The highest BCUT2D eigenvalue weighted by molar-refractivity contribution is 5.76. The van der Waals surface area contributed by atoms with E-state index in [9.17, 15) is 4.79 Å². The van der Waals surface area contributed by atoms with Gasteiger partial charge in [-0.25, -0.2) is 0 Å². The SMILES string of the molecule is CC(Cc1ccco1)NC(=O)CCc1ccccc1N. The first-order valence-electron chi connectivity index (χ1n) is 6.80. The first kappa shape index (κ1) is 14.2. The van der Waals surface area contributed by atoms with Crippen molar-refractivity contribution in [2.45, 2.75) is 32.2 Å². The number of nitrogen functional groups attached to an aromatic ring is 1. The maximum atomic E-state index is 11.9. The van der Waals surface area contributed by atoms with Crippen molar-refractivity contribution in [1.82, 2.24) is 5.32 Å². The van der Waals surface area contributed by atoms with Crippen LogP contribution in [0.4, 0.5) is 5.69 Å². The van der Waals surface area contributed by atoms with Crippen molar-refractivity contribution in [1.29, 1.82) is 0 Å². The quantitative estimate of drug-likeness (QED) is 0.794. The van der Waals surface area contributed by atoms with E-state index >= 15 is 0 Å². The normalized spacial score (nSPS) is 12.1. The molecule has 0 saturated heterocycles. The second-order valence-corrected chi connectivity index (χ2v) is 4.95. The van der Waals surface area contributed by atoms with Gasteiger partial charge >= 0.3 is 0 Å². The number of nitrogens with one attached hydrogen (secondary N) is 1. The van der Waals surface area contributed by atoms with Gasteiger partial charge in [0, 0.05) is 24.6 Å². The number of nitrogens with two attached hydrogens (primary N) is 1. The van der Waals surface area contributed by atoms with E-state index in [2.05, 4.69) is 5.32 Å². The Morgan fingerprint density at radius 1 is 1.30 bits per heavy atom. The van der Waals surface area contributed by atoms with E-state index in [1.165, 1.54) is 0 Å². The van der Waals surface area contributed by atoms with E-state index in [1.54, 1.807) is 6.26 Å². The maximum Gasteiger partial charge on any atom is 0.220 e. The molecular formula is C16H20N2O2. The number of hydrogen-bond donors (Lipinski definition) is 2. The van der Waals surface area contributed by atoms with Crippen molar-refractivity contribution >= 4 is 11.6 Å². The Kier molecular flexibility index (Phi) is 4.82. The summed E-state index contributed by atoms with van der Waals surface area (Å²) in [4.78, 5) is 11.9. The van der Waals surface area contributed by atoms with Crippen molar-refractivity contribution in [3.05, 3.63) is 54.0 Å². The van der Waals surface area contributed by atoms with E-state index in [0.29, 0.717) is 19.3 Å². The number of carbonyl (C=O) groups excluding carboxylic acids is 1. The van der Waals surface area contributed by atoms with Gasteiger partial charge in [-0.05, 0) is 37.1 Å². The maximum absolute atomic E-state index is 11.9. The Bertz CT molecular complexity index is 549. The van der Waals surface area contributed by atoms with Gasteiger partial charge in [0.1, 0.15) is 5.76 Å². The molecule has 1 aromatic heterocycles. The zero-order valence-corrected chi connectivity index (χ0v) is 11.6. The second kappa shape index (κ2) is 6.80. The van der Waals surface area contributed by atoms with Crippen LogP contribution in [0.2, 0.25) is 0 Å². The summed E-state index contributed by atoms with van der Waals surface area (Å²) in [5.74, 6) is 0.914. The average molecular weight is 272 g/mol. The van der Waals surface area contributed by atoms with Gasteiger partial charge in [-0.3, -0.25) is 4.79 Å². The summed E-state index contributed by atoms with van der Waals surface area (Å²) in [6.07, 6.45) is 3.44. The first-order valence-corrected chi connectivity index (χ1v) is 6.80. The first-order chi connectivity index (χ1) is 9.65. The van der Waals surface area contributed by atoms with Crippen LogP contribution in [0, 0.1) is 0 Å². The highest BCUT2D eigenvalue weighted by Crippen LogP contribution is 2.12. The summed E-state index contributed by atoms with van der Waals surface area (Å²) in [6, 6.07) is 11.5. The summed E-state index contributed by atoms with van der Waals surface area (Å²) in [5, 5.41) is 2.97. The lowest BCUT2D eigenvalue weighted by Crippen LogP contribution is -2.34. The molecule has 0 aliphatic rings. The summed E-state index contributed by atoms with van der Waals surface area (Å²) in [7, 11) is 0. The van der Waals surface area contributed by atoms with Gasteiger partial charge < -0.3 is 15.5 Å². The molecule has 1 unspecified atom stereocenters. The summed E-state index contributed by atoms with van der Waals surface area (Å²) in [5.41, 5.74) is 7.61. The van der Waals surface area contributed by atoms with Gasteiger partial charge in [0.15, 0.2) is 0 Å². The van der Waals surface area contributed by atoms with Crippen molar-refractivity contribution in [2.75, 3.05) is 5.73 Å². The molecule has 1 aromatic carbocycles. The molecule has 0 bridgehead atoms.